The summed E-state index contributed by atoms with van der Waals surface area (Å²) in [5, 5.41) is 0. The molecule has 0 aromatic rings. The molecule has 0 aromatic carbocycles. The van der Waals surface area contributed by atoms with E-state index in [1.54, 1.807) is 0 Å². The molecule has 0 heterocycles. The highest BCUT2D eigenvalue weighted by Gasteiger charge is 2.43. The maximum absolute atomic E-state index is 11.3. The average molecular weight is 194 g/mol. The lowest BCUT2D eigenvalue weighted by molar-refractivity contribution is -0.136. The van der Waals surface area contributed by atoms with E-state index in [0.29, 0.717) is 5.41 Å². The van der Waals surface area contributed by atoms with Gasteiger partial charge < -0.3 is 4.74 Å². The quantitative estimate of drug-likeness (QED) is 0.499. The van der Waals surface area contributed by atoms with Crippen molar-refractivity contribution in [3.05, 3.63) is 11.6 Å². The Balaban J connectivity index is 2.12. The molecule has 0 aromatic heterocycles. The van der Waals surface area contributed by atoms with Crippen LogP contribution in [0.15, 0.2) is 11.6 Å². The first kappa shape index (κ1) is 9.75. The summed E-state index contributed by atoms with van der Waals surface area (Å²) in [6, 6.07) is 0. The standard InChI is InChI=1S/C12H18O2/c1-9(11(13)14-2)7-12-5-3-10(8-12)4-6-12/h7,10H,3-6,8H2,1-2H3. The Bertz CT molecular complexity index is 270. The molecule has 2 rings (SSSR count). The van der Waals surface area contributed by atoms with Crippen LogP contribution >= 0.6 is 0 Å². The van der Waals surface area contributed by atoms with Crippen molar-refractivity contribution in [3.8, 4) is 0 Å². The summed E-state index contributed by atoms with van der Waals surface area (Å²) >= 11 is 0. The second-order valence-electron chi connectivity index (χ2n) is 4.83. The summed E-state index contributed by atoms with van der Waals surface area (Å²) in [6.45, 7) is 1.87. The zero-order valence-corrected chi connectivity index (χ0v) is 9.01. The molecular formula is C12H18O2. The molecule has 2 nitrogen and oxygen atoms in total. The Morgan fingerprint density at radius 2 is 2.07 bits per heavy atom. The molecule has 14 heavy (non-hydrogen) atoms. The normalized spacial score (nSPS) is 36.1. The fraction of sp³-hybridized carbons (Fsp3) is 0.750. The van der Waals surface area contributed by atoms with Gasteiger partial charge in [0.25, 0.3) is 0 Å². The lowest BCUT2D eigenvalue weighted by Gasteiger charge is -2.22. The Morgan fingerprint density at radius 3 is 2.50 bits per heavy atom. The van der Waals surface area contributed by atoms with Crippen LogP contribution in [0.1, 0.15) is 39.0 Å². The van der Waals surface area contributed by atoms with E-state index in [9.17, 15) is 4.79 Å². The monoisotopic (exact) mass is 194 g/mol. The first-order valence-corrected chi connectivity index (χ1v) is 5.43. The van der Waals surface area contributed by atoms with Crippen LogP contribution in [0, 0.1) is 11.3 Å². The van der Waals surface area contributed by atoms with E-state index in [0.717, 1.165) is 11.5 Å². The number of fused-ring (bicyclic) bond motifs is 2. The summed E-state index contributed by atoms with van der Waals surface area (Å²) in [5.74, 6) is 0.756. The molecule has 2 fully saturated rings. The fourth-order valence-electron chi connectivity index (χ4n) is 3.12. The van der Waals surface area contributed by atoms with Crippen LogP contribution in [0.2, 0.25) is 0 Å². The van der Waals surface area contributed by atoms with Crippen molar-refractivity contribution < 1.29 is 9.53 Å². The van der Waals surface area contributed by atoms with Gasteiger partial charge in [0.2, 0.25) is 0 Å². The van der Waals surface area contributed by atoms with Crippen LogP contribution in [0.4, 0.5) is 0 Å². The predicted octanol–water partition coefficient (Wildman–Crippen LogP) is 2.69. The molecule has 0 spiro atoms. The number of hydrogen-bond donors (Lipinski definition) is 0. The van der Waals surface area contributed by atoms with Gasteiger partial charge in [0.1, 0.15) is 0 Å². The van der Waals surface area contributed by atoms with Gasteiger partial charge in [-0.2, -0.15) is 0 Å². The third-order valence-electron chi connectivity index (χ3n) is 3.83. The Labute approximate surface area is 85.3 Å². The number of ether oxygens (including phenoxy) is 1. The minimum Gasteiger partial charge on any atom is -0.466 e. The number of allylic oxidation sites excluding steroid dienone is 1. The second kappa shape index (κ2) is 3.41. The molecule has 2 aliphatic rings. The second-order valence-corrected chi connectivity index (χ2v) is 4.83. The van der Waals surface area contributed by atoms with Crippen molar-refractivity contribution in [2.45, 2.75) is 39.0 Å². The molecule has 78 valence electrons. The summed E-state index contributed by atoms with van der Waals surface area (Å²) < 4.78 is 4.72. The highest BCUT2D eigenvalue weighted by Crippen LogP contribution is 2.55. The summed E-state index contributed by atoms with van der Waals surface area (Å²) in [6.07, 6.45) is 8.71. The number of carbonyl (C=O) groups excluding carboxylic acids is 1. The lowest BCUT2D eigenvalue weighted by Crippen LogP contribution is -2.13. The first-order chi connectivity index (χ1) is 6.65. The van der Waals surface area contributed by atoms with Crippen molar-refractivity contribution in [1.82, 2.24) is 0 Å². The van der Waals surface area contributed by atoms with Crippen LogP contribution in [0.3, 0.4) is 0 Å². The van der Waals surface area contributed by atoms with E-state index in [1.165, 1.54) is 39.2 Å². The van der Waals surface area contributed by atoms with E-state index in [2.05, 4.69) is 6.08 Å². The fourth-order valence-corrected chi connectivity index (χ4v) is 3.12. The zero-order chi connectivity index (χ0) is 10.2. The van der Waals surface area contributed by atoms with E-state index < -0.39 is 0 Å². The van der Waals surface area contributed by atoms with E-state index >= 15 is 0 Å². The van der Waals surface area contributed by atoms with Crippen LogP contribution < -0.4 is 0 Å². The van der Waals surface area contributed by atoms with E-state index in [1.807, 2.05) is 6.92 Å². The third-order valence-corrected chi connectivity index (χ3v) is 3.83. The summed E-state index contributed by atoms with van der Waals surface area (Å²) in [4.78, 5) is 11.3. The molecule has 2 aliphatic carbocycles. The van der Waals surface area contributed by atoms with Gasteiger partial charge in [0.05, 0.1) is 7.11 Å². The van der Waals surface area contributed by atoms with E-state index in [-0.39, 0.29) is 5.97 Å². The van der Waals surface area contributed by atoms with Crippen LogP contribution in [0.25, 0.3) is 0 Å². The van der Waals surface area contributed by atoms with Gasteiger partial charge >= 0.3 is 5.97 Å². The molecule has 0 N–H and O–H groups in total. The van der Waals surface area contributed by atoms with Gasteiger partial charge in [0, 0.05) is 5.57 Å². The number of rotatable bonds is 2. The highest BCUT2D eigenvalue weighted by molar-refractivity contribution is 5.87. The molecule has 0 amide bonds. The van der Waals surface area contributed by atoms with Crippen LogP contribution in [0.5, 0.6) is 0 Å². The van der Waals surface area contributed by atoms with E-state index in [4.69, 9.17) is 4.74 Å². The molecule has 2 saturated carbocycles. The van der Waals surface area contributed by atoms with Crippen molar-refractivity contribution >= 4 is 5.97 Å². The van der Waals surface area contributed by atoms with Gasteiger partial charge in [-0.15, -0.1) is 0 Å². The summed E-state index contributed by atoms with van der Waals surface area (Å²) in [5.41, 5.74) is 1.14. The number of hydrogen-bond acceptors (Lipinski definition) is 2. The molecule has 0 saturated heterocycles. The molecule has 0 radical (unpaired) electrons. The first-order valence-electron chi connectivity index (χ1n) is 5.43. The zero-order valence-electron chi connectivity index (χ0n) is 9.01. The highest BCUT2D eigenvalue weighted by atomic mass is 16.5. The van der Waals surface area contributed by atoms with Gasteiger partial charge in [-0.1, -0.05) is 6.08 Å². The smallest absolute Gasteiger partial charge is 0.333 e. The Kier molecular flexibility index (Phi) is 2.38. The Morgan fingerprint density at radius 1 is 1.43 bits per heavy atom. The number of methoxy groups -OCH3 is 1. The Hall–Kier alpha value is -0.790. The van der Waals surface area contributed by atoms with Gasteiger partial charge in [0.15, 0.2) is 0 Å². The number of esters is 1. The lowest BCUT2D eigenvalue weighted by atomic mass is 9.83. The van der Waals surface area contributed by atoms with Crippen LogP contribution in [-0.4, -0.2) is 13.1 Å². The molecule has 2 heteroatoms. The molecule has 2 bridgehead atoms. The third kappa shape index (κ3) is 1.58. The van der Waals surface area contributed by atoms with Gasteiger partial charge in [-0.3, -0.25) is 0 Å². The predicted molar refractivity (Wildman–Crippen MR) is 54.8 cm³/mol. The maximum atomic E-state index is 11.3. The SMILES string of the molecule is COC(=O)C(C)=CC12CCC(CC1)C2. The molecule has 0 aliphatic heterocycles. The molecular weight excluding hydrogens is 176 g/mol. The average Bonchev–Trinajstić information content (AvgIpc) is 2.75. The largest absolute Gasteiger partial charge is 0.466 e. The van der Waals surface area contributed by atoms with Crippen molar-refractivity contribution in [3.63, 3.8) is 0 Å². The van der Waals surface area contributed by atoms with Crippen molar-refractivity contribution in [1.29, 1.82) is 0 Å². The molecule has 0 atom stereocenters. The van der Waals surface area contributed by atoms with Gasteiger partial charge in [-0.25, -0.2) is 4.79 Å². The number of carbonyl (C=O) groups is 1. The minimum atomic E-state index is -0.172. The van der Waals surface area contributed by atoms with Crippen molar-refractivity contribution in [2.75, 3.05) is 7.11 Å². The maximum Gasteiger partial charge on any atom is 0.333 e. The minimum absolute atomic E-state index is 0.172. The van der Waals surface area contributed by atoms with Crippen LogP contribution in [-0.2, 0) is 9.53 Å². The molecule has 0 unspecified atom stereocenters. The topological polar surface area (TPSA) is 26.3 Å². The summed E-state index contributed by atoms with van der Waals surface area (Å²) in [7, 11) is 1.45. The van der Waals surface area contributed by atoms with Crippen molar-refractivity contribution in [2.24, 2.45) is 11.3 Å². The van der Waals surface area contributed by atoms with Gasteiger partial charge in [-0.05, 0) is 50.4 Å².